The van der Waals surface area contributed by atoms with Gasteiger partial charge in [0, 0.05) is 25.7 Å². The lowest BCUT2D eigenvalue weighted by molar-refractivity contribution is -0.176. The Balaban J connectivity index is 1.99. The highest BCUT2D eigenvalue weighted by Gasteiger charge is 2.24. The first kappa shape index (κ1) is 41.9. The Morgan fingerprint density at radius 2 is 0.911 bits per heavy atom. The zero-order valence-corrected chi connectivity index (χ0v) is 30.3. The lowest BCUT2D eigenvalue weighted by atomic mass is 9.99. The molecule has 1 unspecified atom stereocenters. The topological polar surface area (TPSA) is 30.5 Å². The number of nitrogens with one attached hydrogen (secondary N) is 1. The van der Waals surface area contributed by atoms with Crippen molar-refractivity contribution in [1.82, 2.24) is 5.32 Å². The molecule has 0 amide bonds. The lowest BCUT2D eigenvalue weighted by Gasteiger charge is -2.30. The highest BCUT2D eigenvalue weighted by atomic mass is 16.7. The van der Waals surface area contributed by atoms with Crippen LogP contribution in [-0.2, 0) is 9.47 Å². The van der Waals surface area contributed by atoms with Crippen LogP contribution in [0, 0.1) is 5.92 Å². The van der Waals surface area contributed by atoms with Gasteiger partial charge in [-0.25, -0.2) is 0 Å². The molecule has 1 fully saturated rings. The van der Waals surface area contributed by atoms with E-state index in [0.717, 1.165) is 52.0 Å². The molecule has 1 atom stereocenters. The summed E-state index contributed by atoms with van der Waals surface area (Å²) in [5, 5.41) is 3.56. The van der Waals surface area contributed by atoms with Gasteiger partial charge in [0.05, 0.1) is 0 Å². The van der Waals surface area contributed by atoms with Gasteiger partial charge in [0.2, 0.25) is 0 Å². The van der Waals surface area contributed by atoms with E-state index in [9.17, 15) is 0 Å². The third kappa shape index (κ3) is 30.0. The van der Waals surface area contributed by atoms with E-state index in [2.05, 4.69) is 67.8 Å². The van der Waals surface area contributed by atoms with Crippen LogP contribution in [0.4, 0.5) is 0 Å². The zero-order valence-electron chi connectivity index (χ0n) is 30.3. The molecule has 3 heteroatoms. The summed E-state index contributed by atoms with van der Waals surface area (Å²) in [6.45, 7) is 8.41. The van der Waals surface area contributed by atoms with Crippen molar-refractivity contribution in [3.63, 3.8) is 0 Å². The molecule has 1 aliphatic rings. The monoisotopic (exact) mass is 628 g/mol. The fourth-order valence-electron chi connectivity index (χ4n) is 6.01. The fraction of sp³-hybridized carbons (Fsp3) is 0.810. The van der Waals surface area contributed by atoms with Crippen molar-refractivity contribution in [2.24, 2.45) is 5.92 Å². The van der Waals surface area contributed by atoms with Crippen molar-refractivity contribution in [2.75, 3.05) is 26.3 Å². The van der Waals surface area contributed by atoms with Crippen molar-refractivity contribution in [2.45, 2.75) is 187 Å². The minimum atomic E-state index is -0.0197. The van der Waals surface area contributed by atoms with E-state index in [1.807, 2.05) is 0 Å². The number of hydrogen-bond acceptors (Lipinski definition) is 3. The maximum absolute atomic E-state index is 6.34. The SMILES string of the molecule is CCCCCC=CCC=CCCCCCCCCOC(OCCCCCCCCC=CCC=CCCCCC)C1CCCNC1. The van der Waals surface area contributed by atoms with Crippen LogP contribution in [0.5, 0.6) is 0 Å². The predicted octanol–water partition coefficient (Wildman–Crippen LogP) is 13.0. The van der Waals surface area contributed by atoms with Crippen molar-refractivity contribution >= 4 is 0 Å². The van der Waals surface area contributed by atoms with Gasteiger partial charge < -0.3 is 14.8 Å². The van der Waals surface area contributed by atoms with E-state index in [0.29, 0.717) is 5.92 Å². The number of rotatable bonds is 33. The second kappa shape index (κ2) is 35.7. The van der Waals surface area contributed by atoms with Gasteiger partial charge in [0.1, 0.15) is 0 Å². The number of piperidine rings is 1. The largest absolute Gasteiger partial charge is 0.352 e. The quantitative estimate of drug-likeness (QED) is 0.0446. The summed E-state index contributed by atoms with van der Waals surface area (Å²) in [6, 6.07) is 0. The molecule has 0 aliphatic carbocycles. The van der Waals surface area contributed by atoms with Gasteiger partial charge in [-0.2, -0.15) is 0 Å². The molecule has 0 radical (unpaired) electrons. The molecule has 3 nitrogen and oxygen atoms in total. The molecule has 0 bridgehead atoms. The molecule has 1 saturated heterocycles. The lowest BCUT2D eigenvalue weighted by Crippen LogP contribution is -2.39. The van der Waals surface area contributed by atoms with Gasteiger partial charge >= 0.3 is 0 Å². The number of hydrogen-bond donors (Lipinski definition) is 1. The maximum atomic E-state index is 6.34. The van der Waals surface area contributed by atoms with E-state index >= 15 is 0 Å². The predicted molar refractivity (Wildman–Crippen MR) is 200 cm³/mol. The first-order chi connectivity index (χ1) is 22.4. The Labute approximate surface area is 282 Å². The molecule has 0 aromatic rings. The molecule has 45 heavy (non-hydrogen) atoms. The molecular formula is C42H77NO2. The zero-order chi connectivity index (χ0) is 32.1. The van der Waals surface area contributed by atoms with Crippen molar-refractivity contribution in [1.29, 1.82) is 0 Å². The third-order valence-electron chi connectivity index (χ3n) is 8.97. The number of allylic oxidation sites excluding steroid dienone is 8. The number of ether oxygens (including phenoxy) is 2. The summed E-state index contributed by atoms with van der Waals surface area (Å²) >= 11 is 0. The van der Waals surface area contributed by atoms with Crippen molar-refractivity contribution < 1.29 is 9.47 Å². The van der Waals surface area contributed by atoms with E-state index in [1.165, 1.54) is 141 Å². The van der Waals surface area contributed by atoms with Crippen LogP contribution < -0.4 is 5.32 Å². The van der Waals surface area contributed by atoms with Gasteiger partial charge in [-0.1, -0.05) is 140 Å². The smallest absolute Gasteiger partial charge is 0.161 e. The molecule has 0 saturated carbocycles. The Bertz CT molecular complexity index is 641. The van der Waals surface area contributed by atoms with Crippen LogP contribution in [0.2, 0.25) is 0 Å². The Morgan fingerprint density at radius 1 is 0.511 bits per heavy atom. The van der Waals surface area contributed by atoms with Gasteiger partial charge in [0.25, 0.3) is 0 Å². The van der Waals surface area contributed by atoms with Crippen LogP contribution in [-0.4, -0.2) is 32.6 Å². The Morgan fingerprint density at radius 3 is 1.31 bits per heavy atom. The molecule has 0 aromatic carbocycles. The molecule has 262 valence electrons. The van der Waals surface area contributed by atoms with Crippen LogP contribution in [0.25, 0.3) is 0 Å². The molecule has 0 aromatic heterocycles. The second-order valence-electron chi connectivity index (χ2n) is 13.4. The van der Waals surface area contributed by atoms with Crippen LogP contribution in [0.1, 0.15) is 181 Å². The van der Waals surface area contributed by atoms with Crippen LogP contribution in [0.15, 0.2) is 48.6 Å². The normalized spacial score (nSPS) is 16.7. The van der Waals surface area contributed by atoms with Crippen molar-refractivity contribution in [3.8, 4) is 0 Å². The first-order valence-corrected chi connectivity index (χ1v) is 19.9. The highest BCUT2D eigenvalue weighted by Crippen LogP contribution is 2.20. The number of unbranched alkanes of at least 4 members (excludes halogenated alkanes) is 18. The van der Waals surface area contributed by atoms with Gasteiger partial charge in [0.15, 0.2) is 6.29 Å². The van der Waals surface area contributed by atoms with E-state index in [4.69, 9.17) is 9.47 Å². The molecular weight excluding hydrogens is 550 g/mol. The highest BCUT2D eigenvalue weighted by molar-refractivity contribution is 4.93. The second-order valence-corrected chi connectivity index (χ2v) is 13.4. The fourth-order valence-corrected chi connectivity index (χ4v) is 6.01. The van der Waals surface area contributed by atoms with Gasteiger partial charge in [-0.3, -0.25) is 0 Å². The molecule has 1 rings (SSSR count). The van der Waals surface area contributed by atoms with E-state index in [1.54, 1.807) is 0 Å². The van der Waals surface area contributed by atoms with E-state index < -0.39 is 0 Å². The molecule has 0 spiro atoms. The third-order valence-corrected chi connectivity index (χ3v) is 8.97. The minimum absolute atomic E-state index is 0.0197. The van der Waals surface area contributed by atoms with Crippen LogP contribution in [0.3, 0.4) is 0 Å². The summed E-state index contributed by atoms with van der Waals surface area (Å²) < 4.78 is 12.7. The maximum Gasteiger partial charge on any atom is 0.161 e. The van der Waals surface area contributed by atoms with E-state index in [-0.39, 0.29) is 6.29 Å². The van der Waals surface area contributed by atoms with Crippen molar-refractivity contribution in [3.05, 3.63) is 48.6 Å². The molecule has 1 heterocycles. The average Bonchev–Trinajstić information content (AvgIpc) is 3.07. The summed E-state index contributed by atoms with van der Waals surface area (Å²) in [6.07, 6.45) is 52.0. The molecule has 1 aliphatic heterocycles. The van der Waals surface area contributed by atoms with Crippen LogP contribution >= 0.6 is 0 Å². The summed E-state index contributed by atoms with van der Waals surface area (Å²) in [5.74, 6) is 0.507. The average molecular weight is 628 g/mol. The molecule has 1 N–H and O–H groups in total. The summed E-state index contributed by atoms with van der Waals surface area (Å²) in [5.41, 5.74) is 0. The Hall–Kier alpha value is -1.16. The first-order valence-electron chi connectivity index (χ1n) is 19.9. The summed E-state index contributed by atoms with van der Waals surface area (Å²) in [4.78, 5) is 0. The standard InChI is InChI=1S/C42H77NO2/c1-3-5-7-9-11-13-15-17-19-21-23-25-27-29-31-33-38-44-42(41-36-35-37-43-40-41)45-39-34-32-30-28-26-24-22-20-18-16-14-12-10-8-6-4-2/h11-14,17-20,41-43H,3-10,15-16,21-40H2,1-2H3. The van der Waals surface area contributed by atoms with Gasteiger partial charge in [-0.15, -0.1) is 0 Å². The van der Waals surface area contributed by atoms with Gasteiger partial charge in [-0.05, 0) is 96.4 Å². The summed E-state index contributed by atoms with van der Waals surface area (Å²) in [7, 11) is 0. The minimum Gasteiger partial charge on any atom is -0.352 e. The Kier molecular flexibility index (Phi) is 33.2.